The maximum atomic E-state index is 12.5. The molecule has 15 heteroatoms. The predicted octanol–water partition coefficient (Wildman–Crippen LogP) is 4.93. The zero-order chi connectivity index (χ0) is 33.0. The highest BCUT2D eigenvalue weighted by Gasteiger charge is 2.27. The van der Waals surface area contributed by atoms with Gasteiger partial charge in [0.05, 0.1) is 38.6 Å². The second-order valence-corrected chi connectivity index (χ2v) is 15.0. The van der Waals surface area contributed by atoms with E-state index in [0.29, 0.717) is 11.1 Å². The Kier molecular flexibility index (Phi) is 10.2. The van der Waals surface area contributed by atoms with E-state index < -0.39 is 30.4 Å². The Morgan fingerprint density at radius 1 is 0.644 bits per heavy atom. The summed E-state index contributed by atoms with van der Waals surface area (Å²) in [7, 11) is -9.21. The number of allylic oxidation sites excluding steroid dienone is 1. The molecule has 0 spiro atoms. The lowest BCUT2D eigenvalue weighted by atomic mass is 9.96. The van der Waals surface area contributed by atoms with E-state index in [4.69, 9.17) is 26.8 Å². The summed E-state index contributed by atoms with van der Waals surface area (Å²) in [5, 5.41) is 0. The zero-order valence-electron chi connectivity index (χ0n) is 25.4. The first-order chi connectivity index (χ1) is 21.1. The molecule has 1 aliphatic carbocycles. The molecular weight excluding hydrogens is 649 g/mol. The number of ether oxygens (including phenoxy) is 3. The van der Waals surface area contributed by atoms with Gasteiger partial charge in [0.1, 0.15) is 18.1 Å². The molecular formula is C30H34O12S3. The lowest BCUT2D eigenvalue weighted by molar-refractivity contribution is 0.347. The molecule has 0 heterocycles. The fraction of sp³-hybridized carbons (Fsp3) is 0.333. The van der Waals surface area contributed by atoms with E-state index in [0.717, 1.165) is 44.5 Å². The first kappa shape index (κ1) is 33.9. The van der Waals surface area contributed by atoms with E-state index in [9.17, 15) is 25.3 Å². The van der Waals surface area contributed by atoms with Gasteiger partial charge in [-0.25, -0.2) is 0 Å². The highest BCUT2D eigenvalue weighted by Crippen LogP contribution is 2.51. The van der Waals surface area contributed by atoms with Crippen LogP contribution >= 0.6 is 0 Å². The molecule has 1 aliphatic rings. The third-order valence-electron chi connectivity index (χ3n) is 6.60. The average molecular weight is 683 g/mol. The molecule has 3 aromatic rings. The van der Waals surface area contributed by atoms with Gasteiger partial charge in [-0.05, 0) is 73.2 Å². The molecule has 0 radical (unpaired) electrons. The van der Waals surface area contributed by atoms with Gasteiger partial charge in [0, 0.05) is 5.56 Å². The number of benzene rings is 3. The summed E-state index contributed by atoms with van der Waals surface area (Å²) in [5.41, 5.74) is 2.49. The quantitative estimate of drug-likeness (QED) is 0.177. The van der Waals surface area contributed by atoms with Crippen LogP contribution < -0.4 is 26.8 Å². The van der Waals surface area contributed by atoms with Crippen LogP contribution in [0.4, 0.5) is 0 Å². The molecule has 12 nitrogen and oxygen atoms in total. The van der Waals surface area contributed by atoms with Crippen molar-refractivity contribution < 1.29 is 52.0 Å². The monoisotopic (exact) mass is 682 g/mol. The van der Waals surface area contributed by atoms with E-state index >= 15 is 0 Å². The fourth-order valence-corrected chi connectivity index (χ4v) is 6.24. The van der Waals surface area contributed by atoms with Gasteiger partial charge in [-0.1, -0.05) is 23.8 Å². The molecule has 0 aliphatic heterocycles. The van der Waals surface area contributed by atoms with Crippen molar-refractivity contribution in [2.24, 2.45) is 0 Å². The van der Waals surface area contributed by atoms with Crippen LogP contribution in [0.1, 0.15) is 25.7 Å². The molecule has 244 valence electrons. The van der Waals surface area contributed by atoms with Crippen LogP contribution in [0.5, 0.6) is 34.5 Å². The molecule has 0 bridgehead atoms. The summed E-state index contributed by atoms with van der Waals surface area (Å²) in [6.07, 6.45) is 8.87. The van der Waals surface area contributed by atoms with Crippen LogP contribution in [0, 0.1) is 0 Å². The minimum absolute atomic E-state index is 0.00195. The Labute approximate surface area is 263 Å². The van der Waals surface area contributed by atoms with Crippen molar-refractivity contribution >= 4 is 30.4 Å². The standard InChI is InChI=1S/C30H34O12S3/c1-37-27-19-24(21-10-13-23(14-11-21)40-43(3,31)32)29(38-2)30(42-45(5,35)36)28(27)22-12-15-25(26(18-22)41-44(4,33)34)39-17-16-20-8-6-7-9-20/h10-16,18-19H,6-9,17H2,1-5H3. The molecule has 0 amide bonds. The van der Waals surface area contributed by atoms with Crippen molar-refractivity contribution in [2.75, 3.05) is 39.6 Å². The molecule has 0 N–H and O–H groups in total. The van der Waals surface area contributed by atoms with Gasteiger partial charge in [0.2, 0.25) is 0 Å². The van der Waals surface area contributed by atoms with E-state index in [2.05, 4.69) is 0 Å². The third-order valence-corrected chi connectivity index (χ3v) is 8.05. The van der Waals surface area contributed by atoms with Crippen LogP contribution in [0.3, 0.4) is 0 Å². The van der Waals surface area contributed by atoms with Crippen LogP contribution in [0.15, 0.2) is 60.2 Å². The first-order valence-electron chi connectivity index (χ1n) is 13.6. The molecule has 0 atom stereocenters. The molecule has 45 heavy (non-hydrogen) atoms. The molecule has 1 saturated carbocycles. The highest BCUT2D eigenvalue weighted by molar-refractivity contribution is 7.86. The van der Waals surface area contributed by atoms with Crippen molar-refractivity contribution in [1.82, 2.24) is 0 Å². The van der Waals surface area contributed by atoms with Gasteiger partial charge >= 0.3 is 30.4 Å². The Balaban J connectivity index is 1.88. The average Bonchev–Trinajstić information content (AvgIpc) is 3.45. The molecule has 3 aromatic carbocycles. The summed E-state index contributed by atoms with van der Waals surface area (Å²) in [5.74, 6) is 0.000480. The van der Waals surface area contributed by atoms with Crippen molar-refractivity contribution in [3.63, 3.8) is 0 Å². The van der Waals surface area contributed by atoms with Gasteiger partial charge in [0.25, 0.3) is 0 Å². The smallest absolute Gasteiger partial charge is 0.306 e. The van der Waals surface area contributed by atoms with Crippen molar-refractivity contribution in [2.45, 2.75) is 25.7 Å². The van der Waals surface area contributed by atoms with Crippen LogP contribution in [0.25, 0.3) is 22.3 Å². The van der Waals surface area contributed by atoms with Crippen LogP contribution in [-0.4, -0.2) is 64.8 Å². The SMILES string of the molecule is COc1cc(-c2ccc(OS(C)(=O)=O)cc2)c(OC)c(OS(C)(=O)=O)c1-c1ccc(OCC=C2CCCC2)c(OS(C)(=O)=O)c1. The van der Waals surface area contributed by atoms with Gasteiger partial charge in [-0.3, -0.25) is 0 Å². The van der Waals surface area contributed by atoms with Crippen molar-refractivity contribution in [3.8, 4) is 56.8 Å². The third kappa shape index (κ3) is 9.28. The highest BCUT2D eigenvalue weighted by atomic mass is 32.2. The fourth-order valence-electron chi connectivity index (χ4n) is 4.86. The summed E-state index contributed by atoms with van der Waals surface area (Å²) >= 11 is 0. The van der Waals surface area contributed by atoms with Gasteiger partial charge < -0.3 is 26.8 Å². The number of hydrogen-bond donors (Lipinski definition) is 0. The Morgan fingerprint density at radius 3 is 1.80 bits per heavy atom. The summed E-state index contributed by atoms with van der Waals surface area (Å²) < 4.78 is 105. The minimum atomic E-state index is -4.14. The Hall–Kier alpha value is -3.95. The lowest BCUT2D eigenvalue weighted by Crippen LogP contribution is -2.10. The van der Waals surface area contributed by atoms with Crippen molar-refractivity contribution in [1.29, 1.82) is 0 Å². The summed E-state index contributed by atoms with van der Waals surface area (Å²) in [6.45, 7) is 0.205. The topological polar surface area (TPSA) is 158 Å². The molecule has 1 fully saturated rings. The minimum Gasteiger partial charge on any atom is -0.496 e. The molecule has 0 aromatic heterocycles. The van der Waals surface area contributed by atoms with E-state index in [1.165, 1.54) is 44.1 Å². The van der Waals surface area contributed by atoms with Crippen LogP contribution in [-0.2, 0) is 30.4 Å². The maximum absolute atomic E-state index is 12.5. The van der Waals surface area contributed by atoms with Crippen molar-refractivity contribution in [3.05, 3.63) is 60.2 Å². The second-order valence-electron chi connectivity index (χ2n) is 10.3. The predicted molar refractivity (Wildman–Crippen MR) is 169 cm³/mol. The van der Waals surface area contributed by atoms with Crippen LogP contribution in [0.2, 0.25) is 0 Å². The molecule has 0 unspecified atom stereocenters. The summed E-state index contributed by atoms with van der Waals surface area (Å²) in [6, 6.07) is 12.0. The normalized spacial score (nSPS) is 13.7. The maximum Gasteiger partial charge on any atom is 0.306 e. The first-order valence-corrected chi connectivity index (χ1v) is 19.0. The second kappa shape index (κ2) is 13.6. The van der Waals surface area contributed by atoms with E-state index in [-0.39, 0.29) is 52.2 Å². The van der Waals surface area contributed by atoms with E-state index in [1.807, 2.05) is 6.08 Å². The summed E-state index contributed by atoms with van der Waals surface area (Å²) in [4.78, 5) is 0. The number of rotatable bonds is 13. The molecule has 4 rings (SSSR count). The van der Waals surface area contributed by atoms with E-state index in [1.54, 1.807) is 24.3 Å². The molecule has 0 saturated heterocycles. The van der Waals surface area contributed by atoms with Gasteiger partial charge in [-0.15, -0.1) is 0 Å². The Bertz CT molecular complexity index is 1910. The largest absolute Gasteiger partial charge is 0.496 e. The number of methoxy groups -OCH3 is 2. The van der Waals surface area contributed by atoms with Gasteiger partial charge in [-0.2, -0.15) is 25.3 Å². The lowest BCUT2D eigenvalue weighted by Gasteiger charge is -2.21. The zero-order valence-corrected chi connectivity index (χ0v) is 27.8. The Morgan fingerprint density at radius 2 is 1.24 bits per heavy atom. The van der Waals surface area contributed by atoms with Gasteiger partial charge in [0.15, 0.2) is 23.0 Å². The number of hydrogen-bond acceptors (Lipinski definition) is 12.